The number of hydrogen-bond acceptors (Lipinski definition) is 3. The summed E-state index contributed by atoms with van der Waals surface area (Å²) < 4.78 is 5.26. The van der Waals surface area contributed by atoms with E-state index < -0.39 is 18.1 Å². The smallest absolute Gasteiger partial charge is 0.326 e. The first-order chi connectivity index (χ1) is 9.56. The van der Waals surface area contributed by atoms with Gasteiger partial charge in [-0.2, -0.15) is 0 Å². The van der Waals surface area contributed by atoms with E-state index in [9.17, 15) is 14.7 Å². The summed E-state index contributed by atoms with van der Waals surface area (Å²) in [5.74, 6) is -1.36. The molecule has 20 heavy (non-hydrogen) atoms. The number of carboxylic acids is 1. The maximum Gasteiger partial charge on any atom is 0.326 e. The predicted octanol–water partition coefficient (Wildman–Crippen LogP) is 1.29. The van der Waals surface area contributed by atoms with Crippen molar-refractivity contribution in [2.45, 2.75) is 38.3 Å². The summed E-state index contributed by atoms with van der Waals surface area (Å²) in [6, 6.07) is 6.69. The number of carbonyl (C=O) groups excluding carboxylic acids is 1. The maximum absolute atomic E-state index is 11.9. The molecule has 1 fully saturated rings. The zero-order chi connectivity index (χ0) is 14.5. The van der Waals surface area contributed by atoms with Crippen LogP contribution < -0.4 is 5.32 Å². The lowest BCUT2D eigenvalue weighted by molar-refractivity contribution is -0.143. The number of amides is 1. The van der Waals surface area contributed by atoms with Gasteiger partial charge in [-0.1, -0.05) is 29.8 Å². The highest BCUT2D eigenvalue weighted by molar-refractivity contribution is 5.86. The van der Waals surface area contributed by atoms with Crippen molar-refractivity contribution in [3.8, 4) is 0 Å². The summed E-state index contributed by atoms with van der Waals surface area (Å²) in [4.78, 5) is 23.2. The average molecular weight is 277 g/mol. The van der Waals surface area contributed by atoms with Crippen LogP contribution in [-0.2, 0) is 20.7 Å². The van der Waals surface area contributed by atoms with Gasteiger partial charge in [0.1, 0.15) is 12.1 Å². The number of rotatable bonds is 5. The van der Waals surface area contributed by atoms with Gasteiger partial charge in [-0.3, -0.25) is 4.79 Å². The molecule has 1 saturated heterocycles. The lowest BCUT2D eigenvalue weighted by atomic mass is 10.0. The number of benzene rings is 1. The van der Waals surface area contributed by atoms with E-state index in [1.807, 2.05) is 31.2 Å². The van der Waals surface area contributed by atoms with Crippen LogP contribution in [0, 0.1) is 6.92 Å². The third-order valence-corrected chi connectivity index (χ3v) is 3.36. The molecule has 1 aliphatic rings. The minimum atomic E-state index is -1.03. The van der Waals surface area contributed by atoms with Gasteiger partial charge in [0.2, 0.25) is 5.91 Å². The molecule has 108 valence electrons. The van der Waals surface area contributed by atoms with Gasteiger partial charge in [0.15, 0.2) is 0 Å². The third kappa shape index (κ3) is 3.81. The number of carboxylic acid groups (broad SMARTS) is 1. The van der Waals surface area contributed by atoms with Crippen LogP contribution in [0.15, 0.2) is 24.3 Å². The zero-order valence-electron chi connectivity index (χ0n) is 11.5. The summed E-state index contributed by atoms with van der Waals surface area (Å²) in [5, 5.41) is 11.8. The molecule has 0 spiro atoms. The maximum atomic E-state index is 11.9. The topological polar surface area (TPSA) is 75.6 Å². The van der Waals surface area contributed by atoms with Crippen LogP contribution in [-0.4, -0.2) is 35.7 Å². The summed E-state index contributed by atoms with van der Waals surface area (Å²) in [6.07, 6.45) is 1.26. The fourth-order valence-corrected chi connectivity index (χ4v) is 2.32. The van der Waals surface area contributed by atoms with Gasteiger partial charge in [0, 0.05) is 13.0 Å². The molecular formula is C15H19NO4. The van der Waals surface area contributed by atoms with Crippen molar-refractivity contribution >= 4 is 11.9 Å². The molecule has 2 rings (SSSR count). The Labute approximate surface area is 117 Å². The second-order valence-corrected chi connectivity index (χ2v) is 5.09. The van der Waals surface area contributed by atoms with Crippen molar-refractivity contribution in [3.63, 3.8) is 0 Å². The van der Waals surface area contributed by atoms with Crippen molar-refractivity contribution in [1.29, 1.82) is 0 Å². The minimum absolute atomic E-state index is 0.273. The summed E-state index contributed by atoms with van der Waals surface area (Å²) >= 11 is 0. The van der Waals surface area contributed by atoms with Gasteiger partial charge in [-0.15, -0.1) is 0 Å². The van der Waals surface area contributed by atoms with E-state index in [4.69, 9.17) is 4.74 Å². The van der Waals surface area contributed by atoms with E-state index in [2.05, 4.69) is 5.32 Å². The lowest BCUT2D eigenvalue weighted by Gasteiger charge is -2.17. The molecule has 2 atom stereocenters. The Morgan fingerprint density at radius 3 is 2.90 bits per heavy atom. The van der Waals surface area contributed by atoms with Gasteiger partial charge in [-0.05, 0) is 25.3 Å². The molecule has 2 N–H and O–H groups in total. The highest BCUT2D eigenvalue weighted by atomic mass is 16.5. The van der Waals surface area contributed by atoms with Crippen molar-refractivity contribution < 1.29 is 19.4 Å². The monoisotopic (exact) mass is 277 g/mol. The Bertz CT molecular complexity index is 494. The first-order valence-electron chi connectivity index (χ1n) is 6.76. The normalized spacial score (nSPS) is 19.6. The quantitative estimate of drug-likeness (QED) is 0.850. The molecule has 0 saturated carbocycles. The second kappa shape index (κ2) is 6.52. The number of ether oxygens (including phenoxy) is 1. The van der Waals surface area contributed by atoms with Gasteiger partial charge in [-0.25, -0.2) is 4.79 Å². The molecule has 1 amide bonds. The highest BCUT2D eigenvalue weighted by Gasteiger charge is 2.28. The summed E-state index contributed by atoms with van der Waals surface area (Å²) in [7, 11) is 0. The molecule has 0 aliphatic carbocycles. The van der Waals surface area contributed by atoms with E-state index in [0.717, 1.165) is 17.5 Å². The molecule has 0 aromatic heterocycles. The first kappa shape index (κ1) is 14.5. The minimum Gasteiger partial charge on any atom is -0.480 e. The van der Waals surface area contributed by atoms with Crippen molar-refractivity contribution in [2.24, 2.45) is 0 Å². The lowest BCUT2D eigenvalue weighted by Crippen LogP contribution is -2.46. The molecule has 5 nitrogen and oxygen atoms in total. The molecule has 0 radical (unpaired) electrons. The standard InChI is InChI=1S/C15H19NO4/c1-10-4-2-5-11(8-10)9-12(15(18)19)16-14(17)13-6-3-7-20-13/h2,4-5,8,12-13H,3,6-7,9H2,1H3,(H,16,17)(H,18,19)/t12-,13-/m0/s1. The second-order valence-electron chi connectivity index (χ2n) is 5.09. The fraction of sp³-hybridized carbons (Fsp3) is 0.467. The predicted molar refractivity (Wildman–Crippen MR) is 73.4 cm³/mol. The molecule has 0 bridgehead atoms. The SMILES string of the molecule is Cc1cccc(C[C@H](NC(=O)[C@@H]2CCCO2)C(=O)O)c1. The first-order valence-corrected chi connectivity index (χ1v) is 6.76. The fourth-order valence-electron chi connectivity index (χ4n) is 2.32. The van der Waals surface area contributed by atoms with Crippen LogP contribution in [0.3, 0.4) is 0 Å². The zero-order valence-corrected chi connectivity index (χ0v) is 11.5. The van der Waals surface area contributed by atoms with E-state index in [-0.39, 0.29) is 12.3 Å². The van der Waals surface area contributed by atoms with E-state index in [1.165, 1.54) is 0 Å². The number of hydrogen-bond donors (Lipinski definition) is 2. The number of carbonyl (C=O) groups is 2. The molecule has 1 aliphatic heterocycles. The van der Waals surface area contributed by atoms with Crippen molar-refractivity contribution in [3.05, 3.63) is 35.4 Å². The van der Waals surface area contributed by atoms with Gasteiger partial charge < -0.3 is 15.2 Å². The molecule has 1 aromatic carbocycles. The van der Waals surface area contributed by atoms with E-state index >= 15 is 0 Å². The largest absolute Gasteiger partial charge is 0.480 e. The molecule has 1 aromatic rings. The van der Waals surface area contributed by atoms with Crippen LogP contribution in [0.2, 0.25) is 0 Å². The van der Waals surface area contributed by atoms with Crippen LogP contribution in [0.25, 0.3) is 0 Å². The Kier molecular flexibility index (Phi) is 4.74. The Hall–Kier alpha value is -1.88. The van der Waals surface area contributed by atoms with E-state index in [0.29, 0.717) is 13.0 Å². The Morgan fingerprint density at radius 2 is 2.30 bits per heavy atom. The van der Waals surface area contributed by atoms with Crippen LogP contribution in [0.5, 0.6) is 0 Å². The number of nitrogens with one attached hydrogen (secondary N) is 1. The van der Waals surface area contributed by atoms with Gasteiger partial charge >= 0.3 is 5.97 Å². The Morgan fingerprint density at radius 1 is 1.50 bits per heavy atom. The summed E-state index contributed by atoms with van der Waals surface area (Å²) in [6.45, 7) is 2.51. The van der Waals surface area contributed by atoms with Crippen LogP contribution in [0.1, 0.15) is 24.0 Å². The highest BCUT2D eigenvalue weighted by Crippen LogP contribution is 2.13. The molecule has 0 unspecified atom stereocenters. The third-order valence-electron chi connectivity index (χ3n) is 3.36. The number of aryl methyl sites for hydroxylation is 1. The van der Waals surface area contributed by atoms with Crippen LogP contribution in [0.4, 0.5) is 0 Å². The van der Waals surface area contributed by atoms with Gasteiger partial charge in [0.05, 0.1) is 0 Å². The van der Waals surface area contributed by atoms with E-state index in [1.54, 1.807) is 0 Å². The number of aliphatic carboxylic acids is 1. The van der Waals surface area contributed by atoms with Gasteiger partial charge in [0.25, 0.3) is 0 Å². The summed E-state index contributed by atoms with van der Waals surface area (Å²) in [5.41, 5.74) is 1.96. The van der Waals surface area contributed by atoms with Crippen molar-refractivity contribution in [2.75, 3.05) is 6.61 Å². The molecule has 5 heteroatoms. The van der Waals surface area contributed by atoms with Crippen molar-refractivity contribution in [1.82, 2.24) is 5.32 Å². The van der Waals surface area contributed by atoms with Crippen LogP contribution >= 0.6 is 0 Å². The average Bonchev–Trinajstić information content (AvgIpc) is 2.91. The Balaban J connectivity index is 2.00. The molecule has 1 heterocycles. The molecular weight excluding hydrogens is 258 g/mol.